The molecule has 5 heteroatoms. The molecule has 2 atom stereocenters. The Morgan fingerprint density at radius 2 is 0.974 bits per heavy atom. The van der Waals surface area contributed by atoms with Crippen LogP contribution in [0.3, 0.4) is 0 Å². The van der Waals surface area contributed by atoms with Gasteiger partial charge in [0.25, 0.3) is 0 Å². The molecule has 4 aromatic carbocycles. The van der Waals surface area contributed by atoms with E-state index >= 15 is 0 Å². The fourth-order valence-electron chi connectivity index (χ4n) is 6.71. The number of rotatable bonds is 2. The van der Waals surface area contributed by atoms with Gasteiger partial charge in [-0.25, -0.2) is 0 Å². The molecule has 3 aliphatic rings. The van der Waals surface area contributed by atoms with Gasteiger partial charge in [-0.1, -0.05) is 109 Å². The molecule has 2 spiro atoms. The van der Waals surface area contributed by atoms with Crippen molar-refractivity contribution in [3.63, 3.8) is 0 Å². The van der Waals surface area contributed by atoms with Gasteiger partial charge in [0.15, 0.2) is 11.6 Å². The molecule has 0 amide bonds. The first-order chi connectivity index (χ1) is 18.4. The van der Waals surface area contributed by atoms with E-state index in [1.54, 1.807) is 72.8 Å². The molecule has 5 nitrogen and oxygen atoms in total. The summed E-state index contributed by atoms with van der Waals surface area (Å²) in [6.45, 7) is 1.94. The van der Waals surface area contributed by atoms with Gasteiger partial charge in [-0.3, -0.25) is 19.2 Å². The first kappa shape index (κ1) is 22.7. The SMILES string of the molecule is Cc1ccc(C2OC3(C(=O)c4ccccc4C3=O)C(c3ccccc3)C23C(=O)c2ccccc2C3=O)cc1. The minimum atomic E-state index is -2.06. The van der Waals surface area contributed by atoms with Crippen molar-refractivity contribution in [3.8, 4) is 0 Å². The maximum Gasteiger partial charge on any atom is 0.204 e. The predicted molar refractivity (Wildman–Crippen MR) is 140 cm³/mol. The van der Waals surface area contributed by atoms with Crippen LogP contribution in [-0.4, -0.2) is 28.7 Å². The minimum absolute atomic E-state index is 0.244. The van der Waals surface area contributed by atoms with Crippen LogP contribution in [0.15, 0.2) is 103 Å². The third-order valence-corrected chi connectivity index (χ3v) is 8.35. The molecule has 1 saturated heterocycles. The van der Waals surface area contributed by atoms with E-state index in [0.717, 1.165) is 5.56 Å². The number of ketones is 4. The van der Waals surface area contributed by atoms with Crippen molar-refractivity contribution in [1.82, 2.24) is 0 Å². The second kappa shape index (κ2) is 7.76. The lowest BCUT2D eigenvalue weighted by Crippen LogP contribution is -2.51. The number of benzene rings is 4. The summed E-state index contributed by atoms with van der Waals surface area (Å²) in [5.41, 5.74) is -0.754. The van der Waals surface area contributed by atoms with E-state index in [1.165, 1.54) is 0 Å². The fraction of sp³-hybridized carbons (Fsp3) is 0.152. The molecular formula is C33H22O5. The van der Waals surface area contributed by atoms with E-state index in [1.807, 2.05) is 37.3 Å². The number of Topliss-reactive ketones (excluding diaryl/α,β-unsaturated/α-hetero) is 4. The van der Waals surface area contributed by atoms with Crippen LogP contribution in [0.2, 0.25) is 0 Å². The highest BCUT2D eigenvalue weighted by molar-refractivity contribution is 6.37. The maximum absolute atomic E-state index is 14.6. The molecule has 1 fully saturated rings. The molecule has 0 bridgehead atoms. The molecular weight excluding hydrogens is 476 g/mol. The zero-order valence-corrected chi connectivity index (χ0v) is 20.5. The standard InChI is InChI=1S/C33H22O5/c1-19-15-17-21(18-16-19)31-32(27(34)22-11-5-6-12-23(22)28(32)35)26(20-9-3-2-4-10-20)33(38-31)29(36)24-13-7-8-14-25(24)30(33)37/h2-18,26,31H,1H3. The summed E-state index contributed by atoms with van der Waals surface area (Å²) in [5.74, 6) is -3.05. The second-order valence-corrected chi connectivity index (χ2v) is 10.3. The van der Waals surface area contributed by atoms with Gasteiger partial charge in [-0.2, -0.15) is 0 Å². The monoisotopic (exact) mass is 498 g/mol. The van der Waals surface area contributed by atoms with Crippen LogP contribution < -0.4 is 0 Å². The van der Waals surface area contributed by atoms with Crippen molar-refractivity contribution in [3.05, 3.63) is 142 Å². The molecule has 184 valence electrons. The van der Waals surface area contributed by atoms with Gasteiger partial charge in [-0.05, 0) is 18.1 Å². The van der Waals surface area contributed by atoms with Crippen molar-refractivity contribution in [2.45, 2.75) is 24.5 Å². The summed E-state index contributed by atoms with van der Waals surface area (Å²) >= 11 is 0. The highest BCUT2D eigenvalue weighted by Crippen LogP contribution is 2.67. The molecule has 4 aromatic rings. The van der Waals surface area contributed by atoms with Gasteiger partial charge in [0.05, 0.1) is 5.92 Å². The first-order valence-electron chi connectivity index (χ1n) is 12.6. The van der Waals surface area contributed by atoms with E-state index in [2.05, 4.69) is 0 Å². The van der Waals surface area contributed by atoms with Crippen molar-refractivity contribution in [2.75, 3.05) is 0 Å². The fourth-order valence-corrected chi connectivity index (χ4v) is 6.71. The molecule has 38 heavy (non-hydrogen) atoms. The number of aryl methyl sites for hydroxylation is 1. The van der Waals surface area contributed by atoms with Crippen molar-refractivity contribution in [2.24, 2.45) is 5.41 Å². The molecule has 1 heterocycles. The Morgan fingerprint density at radius 3 is 1.47 bits per heavy atom. The molecule has 0 aromatic heterocycles. The van der Waals surface area contributed by atoms with Gasteiger partial charge >= 0.3 is 0 Å². The lowest BCUT2D eigenvalue weighted by Gasteiger charge is -2.34. The van der Waals surface area contributed by atoms with Crippen LogP contribution in [-0.2, 0) is 4.74 Å². The minimum Gasteiger partial charge on any atom is -0.348 e. The number of hydrogen-bond donors (Lipinski definition) is 0. The summed E-state index contributed by atoms with van der Waals surface area (Å²) < 4.78 is 6.68. The molecule has 7 rings (SSSR count). The highest BCUT2D eigenvalue weighted by Gasteiger charge is 2.79. The summed E-state index contributed by atoms with van der Waals surface area (Å²) in [5, 5.41) is 0. The topological polar surface area (TPSA) is 77.5 Å². The Labute approximate surface area is 219 Å². The zero-order chi connectivity index (χ0) is 26.2. The average molecular weight is 499 g/mol. The van der Waals surface area contributed by atoms with Crippen LogP contribution in [0.1, 0.15) is 70.1 Å². The van der Waals surface area contributed by atoms with E-state index in [0.29, 0.717) is 11.1 Å². The van der Waals surface area contributed by atoms with E-state index in [-0.39, 0.29) is 22.3 Å². The summed E-state index contributed by atoms with van der Waals surface area (Å²) in [7, 11) is 0. The smallest absolute Gasteiger partial charge is 0.204 e. The van der Waals surface area contributed by atoms with Gasteiger partial charge in [0.2, 0.25) is 17.2 Å². The Balaban J connectivity index is 1.59. The Bertz CT molecular complexity index is 1610. The molecule has 2 unspecified atom stereocenters. The van der Waals surface area contributed by atoms with Crippen LogP contribution >= 0.6 is 0 Å². The van der Waals surface area contributed by atoms with Crippen LogP contribution in [0.25, 0.3) is 0 Å². The van der Waals surface area contributed by atoms with E-state index in [9.17, 15) is 19.2 Å². The molecule has 0 radical (unpaired) electrons. The van der Waals surface area contributed by atoms with Crippen LogP contribution in [0.5, 0.6) is 0 Å². The molecule has 0 saturated carbocycles. The van der Waals surface area contributed by atoms with Crippen molar-refractivity contribution < 1.29 is 23.9 Å². The van der Waals surface area contributed by atoms with Gasteiger partial charge in [-0.15, -0.1) is 0 Å². The number of fused-ring (bicyclic) bond motifs is 2. The van der Waals surface area contributed by atoms with Crippen molar-refractivity contribution in [1.29, 1.82) is 0 Å². The summed E-state index contributed by atoms with van der Waals surface area (Å²) in [4.78, 5) is 57.7. The van der Waals surface area contributed by atoms with Crippen LogP contribution in [0, 0.1) is 12.3 Å². The summed E-state index contributed by atoms with van der Waals surface area (Å²) in [6, 6.07) is 29.6. The Kier molecular flexibility index (Phi) is 4.64. The molecule has 0 N–H and O–H groups in total. The second-order valence-electron chi connectivity index (χ2n) is 10.3. The van der Waals surface area contributed by atoms with Gasteiger partial charge < -0.3 is 4.74 Å². The number of ether oxygens (including phenoxy) is 1. The Hall–Kier alpha value is -4.48. The van der Waals surface area contributed by atoms with Crippen molar-refractivity contribution >= 4 is 23.1 Å². The van der Waals surface area contributed by atoms with Gasteiger partial charge in [0.1, 0.15) is 11.5 Å². The first-order valence-corrected chi connectivity index (χ1v) is 12.6. The number of carbonyl (C=O) groups excluding carboxylic acids is 4. The normalized spacial score (nSPS) is 22.3. The third-order valence-electron chi connectivity index (χ3n) is 8.35. The largest absolute Gasteiger partial charge is 0.348 e. The maximum atomic E-state index is 14.6. The lowest BCUT2D eigenvalue weighted by atomic mass is 9.60. The lowest BCUT2D eigenvalue weighted by molar-refractivity contribution is -0.0210. The van der Waals surface area contributed by atoms with E-state index in [4.69, 9.17) is 4.74 Å². The predicted octanol–water partition coefficient (Wildman–Crippen LogP) is 5.73. The van der Waals surface area contributed by atoms with E-state index < -0.39 is 46.2 Å². The number of carbonyl (C=O) groups is 4. The molecule has 1 aliphatic heterocycles. The summed E-state index contributed by atoms with van der Waals surface area (Å²) in [6.07, 6.45) is -1.15. The zero-order valence-electron chi connectivity index (χ0n) is 20.5. The highest BCUT2D eigenvalue weighted by atomic mass is 16.5. The number of hydrogen-bond acceptors (Lipinski definition) is 5. The van der Waals surface area contributed by atoms with Gasteiger partial charge in [0, 0.05) is 22.3 Å². The Morgan fingerprint density at radius 1 is 0.526 bits per heavy atom. The average Bonchev–Trinajstić information content (AvgIpc) is 3.48. The third kappa shape index (κ3) is 2.59. The molecule has 2 aliphatic carbocycles. The van der Waals surface area contributed by atoms with Crippen LogP contribution in [0.4, 0.5) is 0 Å². The quantitative estimate of drug-likeness (QED) is 0.330.